The minimum Gasteiger partial charge on any atom is -0.294 e. The summed E-state index contributed by atoms with van der Waals surface area (Å²) >= 11 is 0. The second kappa shape index (κ2) is 4.79. The first-order valence-electron chi connectivity index (χ1n) is 7.75. The molecule has 2 heteroatoms. The molecule has 18 heavy (non-hydrogen) atoms. The van der Waals surface area contributed by atoms with Gasteiger partial charge in [-0.3, -0.25) is 9.80 Å². The fourth-order valence-electron chi connectivity index (χ4n) is 4.05. The van der Waals surface area contributed by atoms with Crippen LogP contribution in [-0.4, -0.2) is 46.1 Å². The molecule has 0 radical (unpaired) electrons. The Kier molecular flexibility index (Phi) is 3.81. The van der Waals surface area contributed by atoms with Gasteiger partial charge < -0.3 is 0 Å². The summed E-state index contributed by atoms with van der Waals surface area (Å²) < 4.78 is 0. The second-order valence-corrected chi connectivity index (χ2v) is 8.15. The molecule has 2 fully saturated rings. The van der Waals surface area contributed by atoms with Crippen molar-refractivity contribution in [2.75, 3.05) is 13.1 Å². The number of likely N-dealkylation sites (tertiary alicyclic amines) is 2. The molecule has 2 aliphatic rings. The van der Waals surface area contributed by atoms with Crippen molar-refractivity contribution in [1.29, 1.82) is 0 Å². The fraction of sp³-hybridized carbons (Fsp3) is 1.00. The molecule has 2 nitrogen and oxygen atoms in total. The third kappa shape index (κ3) is 2.75. The number of rotatable bonds is 1. The van der Waals surface area contributed by atoms with E-state index in [9.17, 15) is 0 Å². The quantitative estimate of drug-likeness (QED) is 0.704. The van der Waals surface area contributed by atoms with Gasteiger partial charge in [-0.2, -0.15) is 0 Å². The third-order valence-corrected chi connectivity index (χ3v) is 4.77. The van der Waals surface area contributed by atoms with Crippen LogP contribution in [0.3, 0.4) is 0 Å². The standard InChI is InChI=1S/C16H32N2/c1-15(2,3)17-11-7-9-13(17)14-10-8-12-18(14)16(4,5)6/h13-14H,7-12H2,1-6H3/t13-,14-/m0/s1. The van der Waals surface area contributed by atoms with E-state index in [4.69, 9.17) is 0 Å². The molecule has 0 aromatic heterocycles. The Bertz CT molecular complexity index is 254. The predicted octanol–water partition coefficient (Wildman–Crippen LogP) is 3.51. The van der Waals surface area contributed by atoms with Crippen molar-refractivity contribution in [2.24, 2.45) is 0 Å². The summed E-state index contributed by atoms with van der Waals surface area (Å²) in [5, 5.41) is 0. The molecular formula is C16H32N2. The summed E-state index contributed by atoms with van der Waals surface area (Å²) in [5.74, 6) is 0. The monoisotopic (exact) mass is 252 g/mol. The Hall–Kier alpha value is -0.0800. The van der Waals surface area contributed by atoms with Crippen LogP contribution in [0.1, 0.15) is 67.2 Å². The van der Waals surface area contributed by atoms with Crippen LogP contribution in [0.5, 0.6) is 0 Å². The number of hydrogen-bond donors (Lipinski definition) is 0. The minimum atomic E-state index is 0.327. The van der Waals surface area contributed by atoms with Gasteiger partial charge in [0.05, 0.1) is 0 Å². The molecule has 0 N–H and O–H groups in total. The van der Waals surface area contributed by atoms with Crippen molar-refractivity contribution in [2.45, 2.75) is 90.4 Å². The topological polar surface area (TPSA) is 6.48 Å². The van der Waals surface area contributed by atoms with Gasteiger partial charge >= 0.3 is 0 Å². The van der Waals surface area contributed by atoms with Gasteiger partial charge in [0.2, 0.25) is 0 Å². The maximum absolute atomic E-state index is 2.77. The van der Waals surface area contributed by atoms with E-state index in [-0.39, 0.29) is 0 Å². The van der Waals surface area contributed by atoms with Crippen molar-refractivity contribution < 1.29 is 0 Å². The zero-order valence-corrected chi connectivity index (χ0v) is 13.3. The summed E-state index contributed by atoms with van der Waals surface area (Å²) in [6, 6.07) is 1.57. The zero-order chi connectivity index (χ0) is 13.6. The molecule has 106 valence electrons. The van der Waals surface area contributed by atoms with E-state index in [1.54, 1.807) is 0 Å². The normalized spacial score (nSPS) is 32.3. The van der Waals surface area contributed by atoms with Gasteiger partial charge in [-0.15, -0.1) is 0 Å². The second-order valence-electron chi connectivity index (χ2n) is 8.15. The molecule has 0 aromatic rings. The molecule has 2 atom stereocenters. The van der Waals surface area contributed by atoms with Crippen LogP contribution < -0.4 is 0 Å². The molecule has 0 bridgehead atoms. The first-order valence-corrected chi connectivity index (χ1v) is 7.75. The predicted molar refractivity (Wildman–Crippen MR) is 79.0 cm³/mol. The lowest BCUT2D eigenvalue weighted by molar-refractivity contribution is 0.0299. The van der Waals surface area contributed by atoms with Crippen molar-refractivity contribution in [3.8, 4) is 0 Å². The summed E-state index contributed by atoms with van der Waals surface area (Å²) in [4.78, 5) is 5.53. The van der Waals surface area contributed by atoms with Crippen LogP contribution in [0.4, 0.5) is 0 Å². The van der Waals surface area contributed by atoms with Gasteiger partial charge in [-0.25, -0.2) is 0 Å². The van der Waals surface area contributed by atoms with Crippen molar-refractivity contribution in [1.82, 2.24) is 9.80 Å². The Balaban J connectivity index is 2.15. The molecule has 0 aliphatic carbocycles. The summed E-state index contributed by atoms with van der Waals surface area (Å²) in [6.45, 7) is 16.8. The average Bonchev–Trinajstić information content (AvgIpc) is 2.83. The zero-order valence-electron chi connectivity index (χ0n) is 13.3. The molecule has 0 spiro atoms. The highest BCUT2D eigenvalue weighted by molar-refractivity contribution is 5.00. The third-order valence-electron chi connectivity index (χ3n) is 4.77. The van der Waals surface area contributed by atoms with E-state index >= 15 is 0 Å². The molecule has 2 saturated heterocycles. The summed E-state index contributed by atoms with van der Waals surface area (Å²) in [6.07, 6.45) is 5.57. The molecule has 0 saturated carbocycles. The van der Waals surface area contributed by atoms with Crippen LogP contribution in [0.15, 0.2) is 0 Å². The lowest BCUT2D eigenvalue weighted by Crippen LogP contribution is -2.56. The van der Waals surface area contributed by atoms with Gasteiger partial charge in [0, 0.05) is 23.2 Å². The van der Waals surface area contributed by atoms with E-state index in [2.05, 4.69) is 51.3 Å². The summed E-state index contributed by atoms with van der Waals surface area (Å²) in [7, 11) is 0. The van der Waals surface area contributed by atoms with Crippen LogP contribution in [-0.2, 0) is 0 Å². The van der Waals surface area contributed by atoms with Gasteiger partial charge in [0.1, 0.15) is 0 Å². The lowest BCUT2D eigenvalue weighted by Gasteiger charge is -2.45. The van der Waals surface area contributed by atoms with Crippen LogP contribution >= 0.6 is 0 Å². The Labute approximate surface area is 114 Å². The smallest absolute Gasteiger partial charge is 0.0257 e. The maximum atomic E-state index is 2.77. The van der Waals surface area contributed by atoms with E-state index in [1.807, 2.05) is 0 Å². The van der Waals surface area contributed by atoms with Crippen molar-refractivity contribution >= 4 is 0 Å². The number of nitrogens with zero attached hydrogens (tertiary/aromatic N) is 2. The fourth-order valence-corrected chi connectivity index (χ4v) is 4.05. The van der Waals surface area contributed by atoms with Gasteiger partial charge in [-0.1, -0.05) is 0 Å². The Morgan fingerprint density at radius 1 is 0.667 bits per heavy atom. The molecule has 2 rings (SSSR count). The van der Waals surface area contributed by atoms with E-state index in [0.717, 1.165) is 12.1 Å². The van der Waals surface area contributed by atoms with Crippen LogP contribution in [0.2, 0.25) is 0 Å². The van der Waals surface area contributed by atoms with E-state index in [0.29, 0.717) is 11.1 Å². The molecule has 0 amide bonds. The van der Waals surface area contributed by atoms with E-state index < -0.39 is 0 Å². The van der Waals surface area contributed by atoms with Gasteiger partial charge in [-0.05, 0) is 80.3 Å². The Morgan fingerprint density at radius 2 is 1.00 bits per heavy atom. The molecule has 0 unspecified atom stereocenters. The molecule has 2 aliphatic heterocycles. The van der Waals surface area contributed by atoms with Crippen molar-refractivity contribution in [3.63, 3.8) is 0 Å². The first kappa shape index (κ1) is 14.3. The first-order chi connectivity index (χ1) is 8.21. The molecular weight excluding hydrogens is 220 g/mol. The molecule has 2 heterocycles. The highest BCUT2D eigenvalue weighted by Crippen LogP contribution is 2.37. The maximum Gasteiger partial charge on any atom is 0.0257 e. The molecule has 0 aromatic carbocycles. The largest absolute Gasteiger partial charge is 0.294 e. The highest BCUT2D eigenvalue weighted by Gasteiger charge is 2.43. The van der Waals surface area contributed by atoms with E-state index in [1.165, 1.54) is 38.8 Å². The average molecular weight is 252 g/mol. The van der Waals surface area contributed by atoms with Gasteiger partial charge in [0.15, 0.2) is 0 Å². The lowest BCUT2D eigenvalue weighted by atomic mass is 9.95. The minimum absolute atomic E-state index is 0.327. The summed E-state index contributed by atoms with van der Waals surface area (Å²) in [5.41, 5.74) is 0.653. The van der Waals surface area contributed by atoms with Crippen LogP contribution in [0.25, 0.3) is 0 Å². The Morgan fingerprint density at radius 3 is 1.28 bits per heavy atom. The van der Waals surface area contributed by atoms with Gasteiger partial charge in [0.25, 0.3) is 0 Å². The number of hydrogen-bond acceptors (Lipinski definition) is 2. The SMILES string of the molecule is CC(C)(C)N1CCC[C@H]1[C@@H]1CCCN1C(C)(C)C. The van der Waals surface area contributed by atoms with Crippen LogP contribution in [0, 0.1) is 0 Å². The van der Waals surface area contributed by atoms with Crippen molar-refractivity contribution in [3.05, 3.63) is 0 Å². The highest BCUT2D eigenvalue weighted by atomic mass is 15.3.